The Balaban J connectivity index is 1.71. The van der Waals surface area contributed by atoms with Crippen molar-refractivity contribution in [3.8, 4) is 0 Å². The van der Waals surface area contributed by atoms with Crippen molar-refractivity contribution in [2.45, 2.75) is 31.7 Å². The maximum atomic E-state index is 9.29. The molecule has 1 heterocycles. The van der Waals surface area contributed by atoms with Gasteiger partial charge in [-0.1, -0.05) is 12.5 Å². The monoisotopic (exact) mass is 225 g/mol. The Hall–Kier alpha value is -0.380. The predicted octanol–water partition coefficient (Wildman–Crippen LogP) is 2.04. The predicted molar refractivity (Wildman–Crippen MR) is 64.2 cm³/mol. The number of aliphatic hydroxyl groups excluding tert-OH is 1. The Morgan fingerprint density at radius 1 is 1.53 bits per heavy atom. The molecule has 2 N–H and O–H groups in total. The van der Waals surface area contributed by atoms with Crippen molar-refractivity contribution in [3.63, 3.8) is 0 Å². The van der Waals surface area contributed by atoms with Crippen LogP contribution < -0.4 is 5.32 Å². The number of hydrogen-bond donors (Lipinski definition) is 2. The molecule has 0 aromatic carbocycles. The van der Waals surface area contributed by atoms with Gasteiger partial charge < -0.3 is 10.4 Å². The molecule has 0 amide bonds. The summed E-state index contributed by atoms with van der Waals surface area (Å²) in [4.78, 5) is 1.38. The van der Waals surface area contributed by atoms with Gasteiger partial charge in [0.2, 0.25) is 0 Å². The highest BCUT2D eigenvalue weighted by Gasteiger charge is 2.18. The summed E-state index contributed by atoms with van der Waals surface area (Å²) in [5.41, 5.74) is 0. The van der Waals surface area contributed by atoms with E-state index in [4.69, 9.17) is 0 Å². The summed E-state index contributed by atoms with van der Waals surface area (Å²) in [5, 5.41) is 14.9. The molecule has 2 rings (SSSR count). The first-order chi connectivity index (χ1) is 7.38. The Kier molecular flexibility index (Phi) is 4.18. The van der Waals surface area contributed by atoms with Gasteiger partial charge in [0.05, 0.1) is 0 Å². The van der Waals surface area contributed by atoms with Gasteiger partial charge in [0.1, 0.15) is 0 Å². The number of rotatable bonds is 6. The van der Waals surface area contributed by atoms with Crippen molar-refractivity contribution in [2.75, 3.05) is 13.2 Å². The third-order valence-corrected chi connectivity index (χ3v) is 4.03. The first-order valence-electron chi connectivity index (χ1n) is 5.75. The van der Waals surface area contributed by atoms with E-state index in [2.05, 4.69) is 22.8 Å². The summed E-state index contributed by atoms with van der Waals surface area (Å²) in [5.74, 6) is 0.379. The van der Waals surface area contributed by atoms with Gasteiger partial charge in [-0.3, -0.25) is 0 Å². The molecule has 1 fully saturated rings. The minimum absolute atomic E-state index is 0.289. The number of aliphatic hydroxyl groups is 1. The standard InChI is InChI=1S/C12H19NOS/c14-9-10(7-12-5-2-6-15-12)8-13-11-3-1-4-11/h2,5-6,10-11,13-14H,1,3-4,7-9H2. The molecule has 1 aliphatic rings. The molecule has 0 saturated heterocycles. The third kappa shape index (κ3) is 3.30. The molecule has 15 heavy (non-hydrogen) atoms. The lowest BCUT2D eigenvalue weighted by Crippen LogP contribution is -2.39. The second-order valence-electron chi connectivity index (χ2n) is 4.37. The maximum Gasteiger partial charge on any atom is 0.0474 e. The second kappa shape index (κ2) is 5.64. The Bertz CT molecular complexity index is 269. The summed E-state index contributed by atoms with van der Waals surface area (Å²) < 4.78 is 0. The van der Waals surface area contributed by atoms with Crippen LogP contribution in [-0.4, -0.2) is 24.3 Å². The van der Waals surface area contributed by atoms with Gasteiger partial charge in [-0.25, -0.2) is 0 Å². The molecule has 2 nitrogen and oxygen atoms in total. The summed E-state index contributed by atoms with van der Waals surface area (Å²) >= 11 is 1.78. The van der Waals surface area contributed by atoms with Crippen LogP contribution in [0.4, 0.5) is 0 Å². The number of thiophene rings is 1. The van der Waals surface area contributed by atoms with Crippen LogP contribution in [0.25, 0.3) is 0 Å². The zero-order chi connectivity index (χ0) is 10.5. The number of nitrogens with one attached hydrogen (secondary N) is 1. The molecule has 1 atom stereocenters. The van der Waals surface area contributed by atoms with E-state index in [1.54, 1.807) is 11.3 Å². The third-order valence-electron chi connectivity index (χ3n) is 3.13. The van der Waals surface area contributed by atoms with Crippen LogP contribution in [0, 0.1) is 5.92 Å². The van der Waals surface area contributed by atoms with E-state index in [0.717, 1.165) is 19.0 Å². The van der Waals surface area contributed by atoms with Crippen LogP contribution in [0.15, 0.2) is 17.5 Å². The molecule has 1 unspecified atom stereocenters. The Morgan fingerprint density at radius 2 is 2.40 bits per heavy atom. The molecule has 84 valence electrons. The topological polar surface area (TPSA) is 32.3 Å². The van der Waals surface area contributed by atoms with Crippen LogP contribution in [0.1, 0.15) is 24.1 Å². The smallest absolute Gasteiger partial charge is 0.0474 e. The second-order valence-corrected chi connectivity index (χ2v) is 5.40. The lowest BCUT2D eigenvalue weighted by atomic mass is 9.92. The molecule has 1 aromatic rings. The van der Waals surface area contributed by atoms with E-state index < -0.39 is 0 Å². The average molecular weight is 225 g/mol. The lowest BCUT2D eigenvalue weighted by Gasteiger charge is -2.28. The van der Waals surface area contributed by atoms with E-state index in [1.165, 1.54) is 24.1 Å². The minimum atomic E-state index is 0.289. The SMILES string of the molecule is OCC(CNC1CCC1)Cc1cccs1. The van der Waals surface area contributed by atoms with E-state index in [1.807, 2.05) is 0 Å². The molecule has 1 aromatic heterocycles. The molecule has 3 heteroatoms. The molecule has 0 radical (unpaired) electrons. The van der Waals surface area contributed by atoms with Gasteiger partial charge in [0.15, 0.2) is 0 Å². The van der Waals surface area contributed by atoms with Crippen LogP contribution in [0.2, 0.25) is 0 Å². The number of hydrogen-bond acceptors (Lipinski definition) is 3. The molecule has 0 bridgehead atoms. The highest BCUT2D eigenvalue weighted by Crippen LogP contribution is 2.19. The van der Waals surface area contributed by atoms with Crippen LogP contribution in [0.3, 0.4) is 0 Å². The highest BCUT2D eigenvalue weighted by atomic mass is 32.1. The molecule has 1 aliphatic carbocycles. The van der Waals surface area contributed by atoms with Crippen molar-refractivity contribution in [3.05, 3.63) is 22.4 Å². The molecular weight excluding hydrogens is 206 g/mol. The molecule has 0 aliphatic heterocycles. The van der Waals surface area contributed by atoms with Crippen molar-refractivity contribution in [2.24, 2.45) is 5.92 Å². The largest absolute Gasteiger partial charge is 0.396 e. The fraction of sp³-hybridized carbons (Fsp3) is 0.667. The minimum Gasteiger partial charge on any atom is -0.396 e. The van der Waals surface area contributed by atoms with Gasteiger partial charge in [-0.2, -0.15) is 0 Å². The summed E-state index contributed by atoms with van der Waals surface area (Å²) in [7, 11) is 0. The molecule has 0 spiro atoms. The van der Waals surface area contributed by atoms with Crippen LogP contribution in [-0.2, 0) is 6.42 Å². The van der Waals surface area contributed by atoms with Gasteiger partial charge in [0, 0.05) is 24.1 Å². The average Bonchev–Trinajstić information content (AvgIpc) is 2.66. The highest BCUT2D eigenvalue weighted by molar-refractivity contribution is 7.09. The van der Waals surface area contributed by atoms with Crippen molar-refractivity contribution in [1.29, 1.82) is 0 Å². The lowest BCUT2D eigenvalue weighted by molar-refractivity contribution is 0.209. The van der Waals surface area contributed by atoms with Crippen LogP contribution in [0.5, 0.6) is 0 Å². The first-order valence-corrected chi connectivity index (χ1v) is 6.63. The van der Waals surface area contributed by atoms with Crippen molar-refractivity contribution >= 4 is 11.3 Å². The summed E-state index contributed by atoms with van der Waals surface area (Å²) in [6, 6.07) is 4.95. The summed E-state index contributed by atoms with van der Waals surface area (Å²) in [6.07, 6.45) is 5.01. The van der Waals surface area contributed by atoms with Gasteiger partial charge in [-0.05, 0) is 36.6 Å². The zero-order valence-electron chi connectivity index (χ0n) is 8.98. The van der Waals surface area contributed by atoms with Gasteiger partial charge in [-0.15, -0.1) is 11.3 Å². The quantitative estimate of drug-likeness (QED) is 0.776. The van der Waals surface area contributed by atoms with Crippen molar-refractivity contribution in [1.82, 2.24) is 5.32 Å². The summed E-state index contributed by atoms with van der Waals surface area (Å²) in [6.45, 7) is 1.25. The van der Waals surface area contributed by atoms with E-state index in [-0.39, 0.29) is 6.61 Å². The fourth-order valence-corrected chi connectivity index (χ4v) is 2.68. The van der Waals surface area contributed by atoms with Crippen LogP contribution >= 0.6 is 11.3 Å². The van der Waals surface area contributed by atoms with Gasteiger partial charge >= 0.3 is 0 Å². The van der Waals surface area contributed by atoms with E-state index >= 15 is 0 Å². The van der Waals surface area contributed by atoms with E-state index in [9.17, 15) is 5.11 Å². The normalized spacial score (nSPS) is 18.7. The molecular formula is C12H19NOS. The fourth-order valence-electron chi connectivity index (χ4n) is 1.86. The van der Waals surface area contributed by atoms with Gasteiger partial charge in [0.25, 0.3) is 0 Å². The maximum absolute atomic E-state index is 9.29. The Labute approximate surface area is 95.3 Å². The van der Waals surface area contributed by atoms with E-state index in [0.29, 0.717) is 5.92 Å². The van der Waals surface area contributed by atoms with Crippen molar-refractivity contribution < 1.29 is 5.11 Å². The zero-order valence-corrected chi connectivity index (χ0v) is 9.80. The molecule has 1 saturated carbocycles. The Morgan fingerprint density at radius 3 is 2.93 bits per heavy atom. The first kappa shape index (κ1) is 11.1.